The monoisotopic (exact) mass is 269 g/mol. The van der Waals surface area contributed by atoms with Crippen molar-refractivity contribution >= 4 is 0 Å². The maximum absolute atomic E-state index is 3.94. The average Bonchev–Trinajstić information content (AvgIpc) is 3.20. The lowest BCUT2D eigenvalue weighted by atomic mass is 9.75. The van der Waals surface area contributed by atoms with E-state index < -0.39 is 0 Å². The summed E-state index contributed by atoms with van der Waals surface area (Å²) in [6, 6.07) is 10.8. The van der Waals surface area contributed by atoms with E-state index in [1.165, 1.54) is 29.7 Å². The van der Waals surface area contributed by atoms with Crippen molar-refractivity contribution in [3.8, 4) is 0 Å². The number of allylic oxidation sites excluding steroid dienone is 2. The molecule has 0 bridgehead atoms. The van der Waals surface area contributed by atoms with Crippen LogP contribution in [0.3, 0.4) is 0 Å². The van der Waals surface area contributed by atoms with E-state index in [4.69, 9.17) is 0 Å². The van der Waals surface area contributed by atoms with Crippen LogP contribution in [0.15, 0.2) is 54.3 Å². The number of hydrogen-bond acceptors (Lipinski definition) is 1. The molecule has 0 amide bonds. The van der Waals surface area contributed by atoms with Crippen LogP contribution in [-0.2, 0) is 5.41 Å². The number of hydrogen-bond donors (Lipinski definition) is 1. The third kappa shape index (κ3) is 3.75. The summed E-state index contributed by atoms with van der Waals surface area (Å²) in [6.45, 7) is 13.2. The number of nitrogens with one attached hydrogen (secondary N) is 1. The van der Waals surface area contributed by atoms with Crippen molar-refractivity contribution in [1.82, 2.24) is 5.32 Å². The minimum Gasteiger partial charge on any atom is -0.380 e. The predicted octanol–water partition coefficient (Wildman–Crippen LogP) is 4.96. The van der Waals surface area contributed by atoms with E-state index in [9.17, 15) is 0 Å². The Hall–Kier alpha value is -1.50. The maximum Gasteiger partial charge on any atom is 0.0330 e. The Kier molecular flexibility index (Phi) is 4.08. The molecule has 1 heteroatoms. The van der Waals surface area contributed by atoms with Crippen molar-refractivity contribution in [3.63, 3.8) is 0 Å². The van der Waals surface area contributed by atoms with E-state index in [0.717, 1.165) is 6.42 Å². The van der Waals surface area contributed by atoms with Crippen molar-refractivity contribution in [2.75, 3.05) is 0 Å². The van der Waals surface area contributed by atoms with Crippen LogP contribution in [0.25, 0.3) is 0 Å². The summed E-state index contributed by atoms with van der Waals surface area (Å²) in [5.41, 5.74) is 4.37. The standard InChI is InChI=1S/C19H27N/c1-6-17(15-12-13-15)20-19(4,5)14-18(2,3)16-10-8-7-9-11-16/h6-11,20H,1,12-14H2,2-5H3. The minimum absolute atomic E-state index is 0.0540. The molecule has 0 radical (unpaired) electrons. The van der Waals surface area contributed by atoms with Gasteiger partial charge < -0.3 is 5.32 Å². The largest absolute Gasteiger partial charge is 0.380 e. The van der Waals surface area contributed by atoms with E-state index in [2.05, 4.69) is 69.9 Å². The molecule has 1 fully saturated rings. The van der Waals surface area contributed by atoms with Crippen LogP contribution in [0.4, 0.5) is 0 Å². The molecule has 1 aromatic rings. The lowest BCUT2D eigenvalue weighted by Crippen LogP contribution is -2.43. The van der Waals surface area contributed by atoms with Crippen molar-refractivity contribution in [2.45, 2.75) is 57.9 Å². The second-order valence-corrected chi connectivity index (χ2v) is 7.16. The molecule has 1 aromatic carbocycles. The first-order valence-electron chi connectivity index (χ1n) is 7.52. The van der Waals surface area contributed by atoms with Gasteiger partial charge in [0.1, 0.15) is 0 Å². The SMILES string of the molecule is C=CC(NC(C)(C)CC(C)(C)c1ccccc1)=C1CC1. The van der Waals surface area contributed by atoms with Crippen molar-refractivity contribution in [3.05, 3.63) is 59.8 Å². The molecule has 0 spiro atoms. The smallest absolute Gasteiger partial charge is 0.0330 e. The molecule has 1 saturated carbocycles. The molecule has 1 aliphatic rings. The van der Waals surface area contributed by atoms with Crippen LogP contribution in [0.2, 0.25) is 0 Å². The zero-order chi connectivity index (χ0) is 14.8. The molecule has 2 rings (SSSR count). The van der Waals surface area contributed by atoms with Crippen LogP contribution in [0.5, 0.6) is 0 Å². The summed E-state index contributed by atoms with van der Waals surface area (Å²) in [5.74, 6) is 0. The normalized spacial score (nSPS) is 14.9. The third-order valence-corrected chi connectivity index (χ3v) is 4.00. The summed E-state index contributed by atoms with van der Waals surface area (Å²) in [6.07, 6.45) is 5.51. The zero-order valence-electron chi connectivity index (χ0n) is 13.3. The maximum atomic E-state index is 3.94. The van der Waals surface area contributed by atoms with Crippen molar-refractivity contribution < 1.29 is 0 Å². The van der Waals surface area contributed by atoms with Gasteiger partial charge in [0.25, 0.3) is 0 Å². The van der Waals surface area contributed by atoms with E-state index in [-0.39, 0.29) is 11.0 Å². The molecular weight excluding hydrogens is 242 g/mol. The molecule has 0 saturated heterocycles. The summed E-state index contributed by atoms with van der Waals surface area (Å²) < 4.78 is 0. The molecule has 0 aliphatic heterocycles. The Morgan fingerprint density at radius 2 is 1.75 bits per heavy atom. The van der Waals surface area contributed by atoms with Gasteiger partial charge in [0.2, 0.25) is 0 Å². The van der Waals surface area contributed by atoms with Gasteiger partial charge in [-0.05, 0) is 55.7 Å². The van der Waals surface area contributed by atoms with Crippen LogP contribution in [0.1, 0.15) is 52.5 Å². The van der Waals surface area contributed by atoms with Gasteiger partial charge in [0.05, 0.1) is 0 Å². The van der Waals surface area contributed by atoms with Gasteiger partial charge >= 0.3 is 0 Å². The second kappa shape index (κ2) is 5.47. The predicted molar refractivity (Wildman–Crippen MR) is 87.8 cm³/mol. The van der Waals surface area contributed by atoms with Crippen molar-refractivity contribution in [2.24, 2.45) is 0 Å². The molecule has 1 aliphatic carbocycles. The van der Waals surface area contributed by atoms with Crippen LogP contribution < -0.4 is 5.32 Å². The summed E-state index contributed by atoms with van der Waals surface area (Å²) in [7, 11) is 0. The molecule has 0 unspecified atom stereocenters. The topological polar surface area (TPSA) is 12.0 Å². The van der Waals surface area contributed by atoms with Crippen LogP contribution in [-0.4, -0.2) is 5.54 Å². The van der Waals surface area contributed by atoms with Gasteiger partial charge in [-0.2, -0.15) is 0 Å². The second-order valence-electron chi connectivity index (χ2n) is 7.16. The Labute approximate surface area is 123 Å². The zero-order valence-corrected chi connectivity index (χ0v) is 13.3. The van der Waals surface area contributed by atoms with Gasteiger partial charge in [-0.1, -0.05) is 50.8 Å². The summed E-state index contributed by atoms with van der Waals surface area (Å²) >= 11 is 0. The third-order valence-electron chi connectivity index (χ3n) is 4.00. The van der Waals surface area contributed by atoms with Gasteiger partial charge in [0, 0.05) is 11.2 Å². The fraction of sp³-hybridized carbons (Fsp3) is 0.474. The minimum atomic E-state index is 0.0540. The van der Waals surface area contributed by atoms with Gasteiger partial charge in [-0.15, -0.1) is 0 Å². The number of rotatable bonds is 6. The highest BCUT2D eigenvalue weighted by atomic mass is 15.0. The van der Waals surface area contributed by atoms with Crippen molar-refractivity contribution in [1.29, 1.82) is 0 Å². The van der Waals surface area contributed by atoms with Gasteiger partial charge in [0.15, 0.2) is 0 Å². The molecule has 0 atom stereocenters. The molecule has 0 aromatic heterocycles. The van der Waals surface area contributed by atoms with Crippen LogP contribution in [0, 0.1) is 0 Å². The Balaban J connectivity index is 2.11. The summed E-state index contributed by atoms with van der Waals surface area (Å²) in [5, 5.41) is 3.69. The molecule has 108 valence electrons. The van der Waals surface area contributed by atoms with Crippen LogP contribution >= 0.6 is 0 Å². The number of benzene rings is 1. The first-order chi connectivity index (χ1) is 9.34. The van der Waals surface area contributed by atoms with E-state index in [1.807, 2.05) is 6.08 Å². The highest BCUT2D eigenvalue weighted by Gasteiger charge is 2.31. The highest BCUT2D eigenvalue weighted by molar-refractivity contribution is 5.32. The van der Waals surface area contributed by atoms with E-state index in [1.54, 1.807) is 0 Å². The molecule has 1 N–H and O–H groups in total. The quantitative estimate of drug-likeness (QED) is 0.770. The summed E-state index contributed by atoms with van der Waals surface area (Å²) in [4.78, 5) is 0. The van der Waals surface area contributed by atoms with Gasteiger partial charge in [-0.3, -0.25) is 0 Å². The first-order valence-corrected chi connectivity index (χ1v) is 7.52. The molecule has 1 nitrogen and oxygen atoms in total. The Morgan fingerprint density at radius 1 is 1.15 bits per heavy atom. The highest BCUT2D eigenvalue weighted by Crippen LogP contribution is 2.35. The molecule has 0 heterocycles. The lowest BCUT2D eigenvalue weighted by molar-refractivity contribution is 0.309. The average molecular weight is 269 g/mol. The Bertz CT molecular complexity index is 500. The van der Waals surface area contributed by atoms with E-state index >= 15 is 0 Å². The van der Waals surface area contributed by atoms with E-state index in [0.29, 0.717) is 0 Å². The molecule has 20 heavy (non-hydrogen) atoms. The lowest BCUT2D eigenvalue weighted by Gasteiger charge is -2.37. The molecular formula is C19H27N. The Morgan fingerprint density at radius 3 is 2.25 bits per heavy atom. The first kappa shape index (κ1) is 14.9. The fourth-order valence-electron chi connectivity index (χ4n) is 3.12. The van der Waals surface area contributed by atoms with Gasteiger partial charge in [-0.25, -0.2) is 0 Å². The fourth-order valence-corrected chi connectivity index (χ4v) is 3.12.